The fraction of sp³-hybridized carbons (Fsp3) is 0.222. The first-order chi connectivity index (χ1) is 18.8. The Bertz CT molecular complexity index is 1300. The van der Waals surface area contributed by atoms with Crippen molar-refractivity contribution in [1.29, 1.82) is 0 Å². The van der Waals surface area contributed by atoms with E-state index in [1.165, 1.54) is 26.4 Å². The molecule has 0 aliphatic rings. The van der Waals surface area contributed by atoms with Crippen molar-refractivity contribution in [1.82, 2.24) is 0 Å². The molecule has 0 radical (unpaired) electrons. The molecule has 0 saturated heterocycles. The van der Waals surface area contributed by atoms with Gasteiger partial charge < -0.3 is 15.0 Å². The lowest BCUT2D eigenvalue weighted by Crippen LogP contribution is -2.13. The number of rotatable bonds is 7. The molecule has 3 aromatic rings. The largest absolute Gasteiger partial charge is 0.416 e. The van der Waals surface area contributed by atoms with Crippen LogP contribution in [0.4, 0.5) is 36.4 Å². The third-order valence-electron chi connectivity index (χ3n) is 5.06. The lowest BCUT2D eigenvalue weighted by Gasteiger charge is -2.13. The molecule has 0 atom stereocenters. The zero-order valence-corrected chi connectivity index (χ0v) is 21.4. The van der Waals surface area contributed by atoms with Crippen molar-refractivity contribution in [2.75, 3.05) is 19.5 Å². The summed E-state index contributed by atoms with van der Waals surface area (Å²) >= 11 is 0. The van der Waals surface area contributed by atoms with Gasteiger partial charge in [0.05, 0.1) is 22.4 Å². The number of carbonyl (C=O) groups excluding carboxylic acids is 1. The fourth-order valence-corrected chi connectivity index (χ4v) is 3.18. The number of carbonyl (C=O) groups is 1. The maximum Gasteiger partial charge on any atom is 0.416 e. The number of halogens is 7. The van der Waals surface area contributed by atoms with Crippen molar-refractivity contribution in [2.24, 2.45) is 10.3 Å². The van der Waals surface area contributed by atoms with Crippen LogP contribution in [-0.2, 0) is 28.4 Å². The molecule has 214 valence electrons. The molecule has 1 amide bonds. The van der Waals surface area contributed by atoms with Crippen LogP contribution >= 0.6 is 0 Å². The van der Waals surface area contributed by atoms with E-state index in [2.05, 4.69) is 20.5 Å². The number of amides is 1. The van der Waals surface area contributed by atoms with Crippen molar-refractivity contribution in [3.63, 3.8) is 0 Å². The minimum atomic E-state index is -4.84. The van der Waals surface area contributed by atoms with Crippen LogP contribution in [-0.4, -0.2) is 32.1 Å². The quantitative estimate of drug-likeness (QED) is 0.183. The number of oxime groups is 2. The first-order valence-corrected chi connectivity index (χ1v) is 11.3. The zero-order valence-electron chi connectivity index (χ0n) is 21.4. The molecule has 13 heteroatoms. The smallest absolute Gasteiger partial charge is 0.399 e. The van der Waals surface area contributed by atoms with Crippen LogP contribution in [0, 0.1) is 5.82 Å². The highest BCUT2D eigenvalue weighted by Crippen LogP contribution is 2.36. The summed E-state index contributed by atoms with van der Waals surface area (Å²) in [4.78, 5) is 20.9. The van der Waals surface area contributed by atoms with E-state index in [0.717, 1.165) is 17.5 Å². The van der Waals surface area contributed by atoms with Gasteiger partial charge in [-0.25, -0.2) is 4.39 Å². The van der Waals surface area contributed by atoms with Gasteiger partial charge in [-0.2, -0.15) is 26.3 Å². The van der Waals surface area contributed by atoms with Gasteiger partial charge in [-0.15, -0.1) is 0 Å². The third-order valence-corrected chi connectivity index (χ3v) is 5.06. The van der Waals surface area contributed by atoms with Gasteiger partial charge in [0.15, 0.2) is 0 Å². The topological polar surface area (TPSA) is 72.3 Å². The van der Waals surface area contributed by atoms with Crippen LogP contribution in [0.2, 0.25) is 0 Å². The highest BCUT2D eigenvalue weighted by molar-refractivity contribution is 6.05. The summed E-state index contributed by atoms with van der Waals surface area (Å²) in [6.07, 6.45) is -8.79. The molecule has 0 fully saturated rings. The second kappa shape index (κ2) is 14.1. The molecule has 0 unspecified atom stereocenters. The van der Waals surface area contributed by atoms with Gasteiger partial charge in [0.2, 0.25) is 0 Å². The molecule has 6 nitrogen and oxygen atoms in total. The summed E-state index contributed by atoms with van der Waals surface area (Å²) in [6, 6.07) is 14.3. The van der Waals surface area contributed by atoms with Crippen molar-refractivity contribution >= 4 is 23.5 Å². The van der Waals surface area contributed by atoms with Crippen LogP contribution in [0.3, 0.4) is 0 Å². The summed E-state index contributed by atoms with van der Waals surface area (Å²) in [5.74, 6) is -1.03. The molecular formula is C27H24F7N3O3. The molecule has 3 aromatic carbocycles. The van der Waals surface area contributed by atoms with E-state index < -0.39 is 35.2 Å². The van der Waals surface area contributed by atoms with E-state index in [-0.39, 0.29) is 23.6 Å². The number of benzene rings is 3. The molecule has 0 spiro atoms. The Morgan fingerprint density at radius 3 is 1.95 bits per heavy atom. The SMILES string of the molecule is CON=C(C)c1ccc(NC(=O)c2ccccc2F)cc1.CON=CCc1cc(C(F)(F)F)cc(C(F)(F)F)c1. The second-order valence-corrected chi connectivity index (χ2v) is 7.96. The average molecular weight is 571 g/mol. The molecular weight excluding hydrogens is 547 g/mol. The van der Waals surface area contributed by atoms with Crippen molar-refractivity contribution < 1.29 is 45.2 Å². The Morgan fingerprint density at radius 1 is 0.875 bits per heavy atom. The third kappa shape index (κ3) is 9.71. The van der Waals surface area contributed by atoms with Gasteiger partial charge in [-0.1, -0.05) is 34.6 Å². The normalized spacial score (nSPS) is 12.0. The van der Waals surface area contributed by atoms with Gasteiger partial charge in [0, 0.05) is 18.3 Å². The molecule has 0 heterocycles. The first kappa shape index (κ1) is 31.8. The molecule has 0 aromatic heterocycles. The van der Waals surface area contributed by atoms with Crippen molar-refractivity contribution in [3.05, 3.63) is 100 Å². The van der Waals surface area contributed by atoms with E-state index >= 15 is 0 Å². The van der Waals surface area contributed by atoms with Crippen molar-refractivity contribution in [3.8, 4) is 0 Å². The fourth-order valence-electron chi connectivity index (χ4n) is 3.18. The predicted molar refractivity (Wildman–Crippen MR) is 136 cm³/mol. The summed E-state index contributed by atoms with van der Waals surface area (Å²) < 4.78 is 88.5. The van der Waals surface area contributed by atoms with Gasteiger partial charge in [0.1, 0.15) is 20.0 Å². The minimum absolute atomic E-state index is 0.0127. The Labute approximate surface area is 225 Å². The summed E-state index contributed by atoms with van der Waals surface area (Å²) in [5, 5.41) is 9.73. The van der Waals surface area contributed by atoms with E-state index in [0.29, 0.717) is 17.8 Å². The highest BCUT2D eigenvalue weighted by atomic mass is 19.4. The number of hydrogen-bond acceptors (Lipinski definition) is 5. The van der Waals surface area contributed by atoms with Crippen LogP contribution in [0.5, 0.6) is 0 Å². The van der Waals surface area contributed by atoms with E-state index in [1.54, 1.807) is 36.4 Å². The summed E-state index contributed by atoms with van der Waals surface area (Å²) in [6.45, 7) is 1.82. The number of nitrogens with zero attached hydrogens (tertiary/aromatic N) is 2. The maximum absolute atomic E-state index is 13.5. The monoisotopic (exact) mass is 571 g/mol. The molecule has 0 aliphatic heterocycles. The van der Waals surface area contributed by atoms with Crippen LogP contribution < -0.4 is 5.32 Å². The van der Waals surface area contributed by atoms with Gasteiger partial charge in [0.25, 0.3) is 5.91 Å². The number of alkyl halides is 6. The zero-order chi connectivity index (χ0) is 29.9. The minimum Gasteiger partial charge on any atom is -0.399 e. The second-order valence-electron chi connectivity index (χ2n) is 7.96. The Balaban J connectivity index is 0.000000282. The first-order valence-electron chi connectivity index (χ1n) is 11.3. The molecule has 3 rings (SSSR count). The molecule has 40 heavy (non-hydrogen) atoms. The van der Waals surface area contributed by atoms with Crippen LogP contribution in [0.25, 0.3) is 0 Å². The Kier molecular flexibility index (Phi) is 11.2. The van der Waals surface area contributed by atoms with E-state index in [9.17, 15) is 35.5 Å². The number of hydrogen-bond donors (Lipinski definition) is 1. The number of nitrogens with one attached hydrogen (secondary N) is 1. The van der Waals surface area contributed by atoms with Gasteiger partial charge in [-0.3, -0.25) is 4.79 Å². The lowest BCUT2D eigenvalue weighted by atomic mass is 10.0. The average Bonchev–Trinajstić information content (AvgIpc) is 2.89. The lowest BCUT2D eigenvalue weighted by molar-refractivity contribution is -0.143. The maximum atomic E-state index is 13.5. The van der Waals surface area contributed by atoms with E-state index in [4.69, 9.17) is 4.84 Å². The summed E-state index contributed by atoms with van der Waals surface area (Å²) in [7, 11) is 2.69. The van der Waals surface area contributed by atoms with Crippen LogP contribution in [0.15, 0.2) is 77.0 Å². The van der Waals surface area contributed by atoms with Gasteiger partial charge in [-0.05, 0) is 60.5 Å². The van der Waals surface area contributed by atoms with Crippen molar-refractivity contribution in [2.45, 2.75) is 25.7 Å². The van der Waals surface area contributed by atoms with E-state index in [1.807, 2.05) is 6.92 Å². The molecule has 0 aliphatic carbocycles. The predicted octanol–water partition coefficient (Wildman–Crippen LogP) is 7.35. The van der Waals surface area contributed by atoms with Gasteiger partial charge >= 0.3 is 12.4 Å². The number of anilines is 1. The molecule has 0 saturated carbocycles. The Morgan fingerprint density at radius 2 is 1.45 bits per heavy atom. The molecule has 0 bridgehead atoms. The molecule has 1 N–H and O–H groups in total. The van der Waals surface area contributed by atoms with Crippen LogP contribution in [0.1, 0.15) is 39.5 Å². The summed E-state index contributed by atoms with van der Waals surface area (Å²) in [5.41, 5.74) is -0.643. The highest BCUT2D eigenvalue weighted by Gasteiger charge is 2.36. The Hall–Kier alpha value is -4.42. The standard InChI is InChI=1S/C16H15FN2O2.C11H9F6NO/c1-11(19-21-2)12-7-9-13(10-8-12)18-16(20)14-5-3-4-6-15(14)17;1-19-18-3-2-7-4-8(10(12,13)14)6-9(5-7)11(15,16)17/h3-10H,1-2H3,(H,18,20);3-6H,2H2,1H3.